The van der Waals surface area contributed by atoms with Crippen molar-refractivity contribution in [2.75, 3.05) is 0 Å². The smallest absolute Gasteiger partial charge is 0.158 e. The molecule has 3 heteroatoms. The monoisotopic (exact) mass is 252 g/mol. The van der Waals surface area contributed by atoms with Crippen LogP contribution in [0.5, 0.6) is 0 Å². The summed E-state index contributed by atoms with van der Waals surface area (Å²) in [5, 5.41) is 20.7. The third kappa shape index (κ3) is 2.04. The molecule has 3 nitrogen and oxygen atoms in total. The number of fused-ring (bicyclic) bond motifs is 1. The fourth-order valence-electron chi connectivity index (χ4n) is 3.63. The number of hydrogen-bond acceptors (Lipinski definition) is 3. The number of ketones is 1. The molecule has 1 fully saturated rings. The van der Waals surface area contributed by atoms with E-state index in [-0.39, 0.29) is 17.6 Å². The highest BCUT2D eigenvalue weighted by Crippen LogP contribution is 2.49. The van der Waals surface area contributed by atoms with Crippen LogP contribution >= 0.6 is 0 Å². The average Bonchev–Trinajstić information content (AvgIpc) is 2.26. The number of Topliss-reactive ketones (excluding diaryl/α,β-unsaturated/α-hetero) is 1. The largest absolute Gasteiger partial charge is 0.390 e. The fraction of sp³-hybridized carbons (Fsp3) is 0.800. The molecule has 2 aliphatic rings. The van der Waals surface area contributed by atoms with Gasteiger partial charge in [-0.15, -0.1) is 0 Å². The molecule has 0 aromatic rings. The van der Waals surface area contributed by atoms with Crippen LogP contribution in [0.4, 0.5) is 0 Å². The molecule has 0 aromatic carbocycles. The third-order valence-corrected chi connectivity index (χ3v) is 5.02. The van der Waals surface area contributed by atoms with Crippen LogP contribution in [0.15, 0.2) is 11.6 Å². The minimum Gasteiger partial charge on any atom is -0.390 e. The van der Waals surface area contributed by atoms with Gasteiger partial charge in [0.05, 0.1) is 11.7 Å². The van der Waals surface area contributed by atoms with E-state index in [1.165, 1.54) is 0 Å². The van der Waals surface area contributed by atoms with Crippen LogP contribution in [-0.2, 0) is 4.79 Å². The van der Waals surface area contributed by atoms with E-state index in [1.54, 1.807) is 6.92 Å². The predicted molar refractivity (Wildman–Crippen MR) is 69.9 cm³/mol. The molecule has 0 radical (unpaired) electrons. The van der Waals surface area contributed by atoms with Gasteiger partial charge in [0.1, 0.15) is 0 Å². The van der Waals surface area contributed by atoms with Crippen molar-refractivity contribution in [3.63, 3.8) is 0 Å². The highest BCUT2D eigenvalue weighted by molar-refractivity contribution is 5.96. The van der Waals surface area contributed by atoms with Crippen molar-refractivity contribution < 1.29 is 15.0 Å². The van der Waals surface area contributed by atoms with E-state index in [9.17, 15) is 15.0 Å². The Hall–Kier alpha value is -0.670. The first kappa shape index (κ1) is 13.8. The number of aliphatic hydroxyl groups excluding tert-OH is 1. The first-order valence-corrected chi connectivity index (χ1v) is 6.87. The Bertz CT molecular complexity index is 381. The number of carbonyl (C=O) groups is 1. The van der Waals surface area contributed by atoms with Gasteiger partial charge in [-0.25, -0.2) is 0 Å². The summed E-state index contributed by atoms with van der Waals surface area (Å²) >= 11 is 0. The second-order valence-corrected chi connectivity index (χ2v) is 6.55. The minimum atomic E-state index is -1.15. The summed E-state index contributed by atoms with van der Waals surface area (Å²) in [6, 6.07) is 0. The lowest BCUT2D eigenvalue weighted by Crippen LogP contribution is -2.57. The van der Waals surface area contributed by atoms with Gasteiger partial charge in [0.25, 0.3) is 0 Å². The van der Waals surface area contributed by atoms with Gasteiger partial charge in [-0.3, -0.25) is 4.79 Å². The Balaban J connectivity index is 2.41. The molecule has 102 valence electrons. The van der Waals surface area contributed by atoms with Crippen LogP contribution in [0, 0.1) is 23.7 Å². The lowest BCUT2D eigenvalue weighted by atomic mass is 9.57. The minimum absolute atomic E-state index is 0.105. The molecule has 0 amide bonds. The molecule has 0 bridgehead atoms. The molecule has 1 saturated carbocycles. The standard InChI is InChI=1S/C15H24O3/c1-8(2)10-6-14(17)15(4,18)12-7-13(16)9(3)5-11(10)12/h5,8,10-12,14,17-18H,6-7H2,1-4H3. The van der Waals surface area contributed by atoms with Gasteiger partial charge in [-0.2, -0.15) is 0 Å². The van der Waals surface area contributed by atoms with E-state index >= 15 is 0 Å². The highest BCUT2D eigenvalue weighted by atomic mass is 16.3. The van der Waals surface area contributed by atoms with E-state index in [1.807, 2.05) is 13.0 Å². The van der Waals surface area contributed by atoms with Crippen molar-refractivity contribution in [3.05, 3.63) is 11.6 Å². The van der Waals surface area contributed by atoms with E-state index in [2.05, 4.69) is 13.8 Å². The van der Waals surface area contributed by atoms with Crippen LogP contribution < -0.4 is 0 Å². The van der Waals surface area contributed by atoms with E-state index < -0.39 is 11.7 Å². The molecule has 2 N–H and O–H groups in total. The molecule has 0 aromatic heterocycles. The van der Waals surface area contributed by atoms with Crippen molar-refractivity contribution >= 4 is 5.78 Å². The van der Waals surface area contributed by atoms with Gasteiger partial charge in [0, 0.05) is 12.3 Å². The maximum absolute atomic E-state index is 11.9. The van der Waals surface area contributed by atoms with Gasteiger partial charge in [0.2, 0.25) is 0 Å². The van der Waals surface area contributed by atoms with Crippen molar-refractivity contribution in [2.45, 2.75) is 52.2 Å². The summed E-state index contributed by atoms with van der Waals surface area (Å²) in [6.07, 6.45) is 2.27. The van der Waals surface area contributed by atoms with Crippen molar-refractivity contribution in [1.29, 1.82) is 0 Å². The number of aliphatic hydroxyl groups is 2. The van der Waals surface area contributed by atoms with Crippen LogP contribution in [0.1, 0.15) is 40.5 Å². The molecule has 2 aliphatic carbocycles. The van der Waals surface area contributed by atoms with E-state index in [4.69, 9.17) is 0 Å². The van der Waals surface area contributed by atoms with Crippen molar-refractivity contribution in [2.24, 2.45) is 23.7 Å². The number of allylic oxidation sites excluding steroid dienone is 2. The summed E-state index contributed by atoms with van der Waals surface area (Å²) < 4.78 is 0. The molecule has 0 heterocycles. The molecule has 5 atom stereocenters. The Labute approximate surface area is 109 Å². The predicted octanol–water partition coefficient (Wildman–Crippen LogP) is 1.93. The maximum atomic E-state index is 11.9. The first-order chi connectivity index (χ1) is 8.25. The van der Waals surface area contributed by atoms with Gasteiger partial charge < -0.3 is 10.2 Å². The second kappa shape index (κ2) is 4.46. The van der Waals surface area contributed by atoms with E-state index in [0.29, 0.717) is 24.7 Å². The summed E-state index contributed by atoms with van der Waals surface area (Å²) in [6.45, 7) is 7.82. The molecule has 0 spiro atoms. The zero-order chi connectivity index (χ0) is 13.7. The van der Waals surface area contributed by atoms with Crippen LogP contribution in [0.3, 0.4) is 0 Å². The van der Waals surface area contributed by atoms with Crippen molar-refractivity contribution in [3.8, 4) is 0 Å². The molecule has 0 aliphatic heterocycles. The van der Waals surface area contributed by atoms with Gasteiger partial charge in [-0.1, -0.05) is 19.9 Å². The van der Waals surface area contributed by atoms with Gasteiger partial charge in [-0.05, 0) is 43.6 Å². The van der Waals surface area contributed by atoms with Gasteiger partial charge in [0.15, 0.2) is 5.78 Å². The number of rotatable bonds is 1. The van der Waals surface area contributed by atoms with Crippen molar-refractivity contribution in [1.82, 2.24) is 0 Å². The molecule has 2 rings (SSSR count). The summed E-state index contributed by atoms with van der Waals surface area (Å²) in [5.41, 5.74) is -0.336. The summed E-state index contributed by atoms with van der Waals surface area (Å²) in [7, 11) is 0. The molecule has 0 saturated heterocycles. The zero-order valence-electron chi connectivity index (χ0n) is 11.7. The van der Waals surface area contributed by atoms with Crippen LogP contribution in [0.2, 0.25) is 0 Å². The Morgan fingerprint density at radius 2 is 2.06 bits per heavy atom. The molecular formula is C15H24O3. The molecule has 18 heavy (non-hydrogen) atoms. The lowest BCUT2D eigenvalue weighted by molar-refractivity contribution is -0.164. The van der Waals surface area contributed by atoms with Gasteiger partial charge >= 0.3 is 0 Å². The number of carbonyl (C=O) groups excluding carboxylic acids is 1. The Morgan fingerprint density at radius 1 is 1.44 bits per heavy atom. The maximum Gasteiger partial charge on any atom is 0.158 e. The fourth-order valence-corrected chi connectivity index (χ4v) is 3.63. The Kier molecular flexibility index (Phi) is 3.41. The lowest BCUT2D eigenvalue weighted by Gasteiger charge is -2.51. The molecular weight excluding hydrogens is 228 g/mol. The first-order valence-electron chi connectivity index (χ1n) is 6.87. The van der Waals surface area contributed by atoms with Crippen LogP contribution in [0.25, 0.3) is 0 Å². The normalized spacial score (nSPS) is 44.8. The zero-order valence-corrected chi connectivity index (χ0v) is 11.7. The molecule has 5 unspecified atom stereocenters. The second-order valence-electron chi connectivity index (χ2n) is 6.55. The number of hydrogen-bond donors (Lipinski definition) is 2. The summed E-state index contributed by atoms with van der Waals surface area (Å²) in [5.74, 6) is 0.952. The quantitative estimate of drug-likeness (QED) is 0.749. The SMILES string of the molecule is CC1=CC2C(C(C)C)CC(O)C(C)(O)C2CC1=O. The third-order valence-electron chi connectivity index (χ3n) is 5.02. The van der Waals surface area contributed by atoms with Crippen LogP contribution in [-0.4, -0.2) is 27.7 Å². The summed E-state index contributed by atoms with van der Waals surface area (Å²) in [4.78, 5) is 11.9. The topological polar surface area (TPSA) is 57.5 Å². The Morgan fingerprint density at radius 3 is 2.61 bits per heavy atom. The average molecular weight is 252 g/mol. The van der Waals surface area contributed by atoms with E-state index in [0.717, 1.165) is 5.57 Å². The highest BCUT2D eigenvalue weighted by Gasteiger charge is 2.52.